The van der Waals surface area contributed by atoms with Crippen LogP contribution in [0.5, 0.6) is 0 Å². The lowest BCUT2D eigenvalue weighted by atomic mass is 10.2. The minimum Gasteiger partial charge on any atom is -0.325 e. The van der Waals surface area contributed by atoms with E-state index in [4.69, 9.17) is 16.9 Å². The lowest BCUT2D eigenvalue weighted by Crippen LogP contribution is -2.21. The molecule has 1 aromatic carbocycles. The zero-order valence-electron chi connectivity index (χ0n) is 8.90. The Balaban J connectivity index is 2.81. The van der Waals surface area contributed by atoms with Crippen molar-refractivity contribution in [1.29, 1.82) is 5.26 Å². The Morgan fingerprint density at radius 3 is 2.65 bits per heavy atom. The minimum absolute atomic E-state index is 0.199. The van der Waals surface area contributed by atoms with Gasteiger partial charge in [-0.25, -0.2) is 8.42 Å². The summed E-state index contributed by atoms with van der Waals surface area (Å²) in [7, 11) is -3.36. The molecule has 0 saturated carbocycles. The third-order valence-corrected chi connectivity index (χ3v) is 2.87. The zero-order chi connectivity index (χ0) is 13.1. The van der Waals surface area contributed by atoms with Crippen LogP contribution in [-0.4, -0.2) is 26.3 Å². The SMILES string of the molecule is CS(=O)(=O)CC(=O)Nc1ccc(C#N)c(Cl)c1. The summed E-state index contributed by atoms with van der Waals surface area (Å²) in [6.45, 7) is 0. The lowest BCUT2D eigenvalue weighted by molar-refractivity contribution is -0.113. The molecule has 0 aliphatic rings. The Morgan fingerprint density at radius 1 is 1.53 bits per heavy atom. The van der Waals surface area contributed by atoms with Gasteiger partial charge >= 0.3 is 0 Å². The van der Waals surface area contributed by atoms with Gasteiger partial charge in [0.05, 0.1) is 10.6 Å². The third-order valence-electron chi connectivity index (χ3n) is 1.77. The van der Waals surface area contributed by atoms with E-state index in [1.54, 1.807) is 0 Å². The van der Waals surface area contributed by atoms with Crippen molar-refractivity contribution >= 4 is 33.0 Å². The molecule has 5 nitrogen and oxygen atoms in total. The highest BCUT2D eigenvalue weighted by Crippen LogP contribution is 2.20. The molecule has 0 spiro atoms. The summed E-state index contributed by atoms with van der Waals surface area (Å²) in [5.41, 5.74) is 0.635. The molecule has 0 atom stereocenters. The van der Waals surface area contributed by atoms with E-state index in [2.05, 4.69) is 5.32 Å². The zero-order valence-corrected chi connectivity index (χ0v) is 10.5. The van der Waals surface area contributed by atoms with Crippen LogP contribution in [0, 0.1) is 11.3 Å². The molecule has 0 saturated heterocycles. The number of benzene rings is 1. The number of hydrogen-bond donors (Lipinski definition) is 1. The molecule has 0 bridgehead atoms. The van der Waals surface area contributed by atoms with Crippen LogP contribution in [0.4, 0.5) is 5.69 Å². The van der Waals surface area contributed by atoms with E-state index in [0.29, 0.717) is 5.69 Å². The summed E-state index contributed by atoms with van der Waals surface area (Å²) in [6, 6.07) is 6.18. The van der Waals surface area contributed by atoms with Gasteiger partial charge in [-0.3, -0.25) is 4.79 Å². The molecule has 1 aromatic rings. The molecular weight excluding hydrogens is 264 g/mol. The molecule has 0 heterocycles. The summed E-state index contributed by atoms with van der Waals surface area (Å²) in [4.78, 5) is 11.3. The van der Waals surface area contributed by atoms with Gasteiger partial charge in [0.15, 0.2) is 9.84 Å². The second kappa shape index (κ2) is 5.17. The van der Waals surface area contributed by atoms with Crippen molar-refractivity contribution in [3.63, 3.8) is 0 Å². The van der Waals surface area contributed by atoms with Gasteiger partial charge in [0, 0.05) is 11.9 Å². The first-order valence-electron chi connectivity index (χ1n) is 4.49. The summed E-state index contributed by atoms with van der Waals surface area (Å²) in [5.74, 6) is -1.24. The number of nitrogens with one attached hydrogen (secondary N) is 1. The first-order chi connectivity index (χ1) is 7.81. The first-order valence-corrected chi connectivity index (χ1v) is 6.93. The number of anilines is 1. The number of amides is 1. The average molecular weight is 273 g/mol. The molecule has 0 aliphatic carbocycles. The van der Waals surface area contributed by atoms with Crippen molar-refractivity contribution < 1.29 is 13.2 Å². The molecule has 0 aliphatic heterocycles. The number of rotatable bonds is 3. The van der Waals surface area contributed by atoms with Crippen LogP contribution in [0.25, 0.3) is 0 Å². The number of hydrogen-bond acceptors (Lipinski definition) is 4. The van der Waals surface area contributed by atoms with Crippen LogP contribution in [0.15, 0.2) is 18.2 Å². The smallest absolute Gasteiger partial charge is 0.239 e. The maximum absolute atomic E-state index is 11.3. The van der Waals surface area contributed by atoms with Crippen LogP contribution in [0.3, 0.4) is 0 Å². The number of carbonyl (C=O) groups excluding carboxylic acids is 1. The third kappa shape index (κ3) is 4.43. The molecule has 1 amide bonds. The van der Waals surface area contributed by atoms with Crippen LogP contribution in [0.2, 0.25) is 5.02 Å². The van der Waals surface area contributed by atoms with Crippen molar-refractivity contribution in [3.05, 3.63) is 28.8 Å². The molecule has 90 valence electrons. The Bertz CT molecular complexity index is 590. The predicted octanol–water partition coefficient (Wildman–Crippen LogP) is 1.19. The van der Waals surface area contributed by atoms with E-state index in [0.717, 1.165) is 6.26 Å². The molecule has 1 rings (SSSR count). The summed E-state index contributed by atoms with van der Waals surface area (Å²) < 4.78 is 21.7. The van der Waals surface area contributed by atoms with E-state index in [9.17, 15) is 13.2 Å². The fraction of sp³-hybridized carbons (Fsp3) is 0.200. The summed E-state index contributed by atoms with van der Waals surface area (Å²) in [6.07, 6.45) is 0.971. The van der Waals surface area contributed by atoms with Crippen molar-refractivity contribution in [2.45, 2.75) is 0 Å². The van der Waals surface area contributed by atoms with E-state index < -0.39 is 21.5 Å². The van der Waals surface area contributed by atoms with Crippen molar-refractivity contribution in [1.82, 2.24) is 0 Å². The van der Waals surface area contributed by atoms with Crippen LogP contribution in [0.1, 0.15) is 5.56 Å². The Morgan fingerprint density at radius 2 is 2.18 bits per heavy atom. The predicted molar refractivity (Wildman–Crippen MR) is 64.5 cm³/mol. The van der Waals surface area contributed by atoms with Gasteiger partial charge in [0.25, 0.3) is 0 Å². The van der Waals surface area contributed by atoms with E-state index >= 15 is 0 Å². The fourth-order valence-electron chi connectivity index (χ4n) is 1.12. The summed E-state index contributed by atoms with van der Waals surface area (Å²) >= 11 is 5.75. The number of nitrogens with zero attached hydrogens (tertiary/aromatic N) is 1. The molecule has 7 heteroatoms. The fourth-order valence-corrected chi connectivity index (χ4v) is 1.89. The van der Waals surface area contributed by atoms with Gasteiger partial charge < -0.3 is 5.32 Å². The van der Waals surface area contributed by atoms with E-state index in [1.807, 2.05) is 6.07 Å². The highest BCUT2D eigenvalue weighted by Gasteiger charge is 2.11. The highest BCUT2D eigenvalue weighted by atomic mass is 35.5. The van der Waals surface area contributed by atoms with Gasteiger partial charge in [-0.2, -0.15) is 5.26 Å². The van der Waals surface area contributed by atoms with Crippen molar-refractivity contribution in [2.75, 3.05) is 17.3 Å². The molecule has 0 fully saturated rings. The van der Waals surface area contributed by atoms with Crippen molar-refractivity contribution in [2.24, 2.45) is 0 Å². The van der Waals surface area contributed by atoms with Gasteiger partial charge in [-0.05, 0) is 18.2 Å². The van der Waals surface area contributed by atoms with E-state index in [-0.39, 0.29) is 10.6 Å². The number of sulfone groups is 1. The Labute approximate surface area is 104 Å². The van der Waals surface area contributed by atoms with Crippen LogP contribution < -0.4 is 5.32 Å². The first kappa shape index (κ1) is 13.5. The van der Waals surface area contributed by atoms with Gasteiger partial charge in [-0.1, -0.05) is 11.6 Å². The number of halogens is 1. The largest absolute Gasteiger partial charge is 0.325 e. The maximum atomic E-state index is 11.3. The maximum Gasteiger partial charge on any atom is 0.239 e. The minimum atomic E-state index is -3.36. The van der Waals surface area contributed by atoms with Crippen LogP contribution >= 0.6 is 11.6 Å². The van der Waals surface area contributed by atoms with Gasteiger partial charge in [0.2, 0.25) is 5.91 Å². The molecule has 17 heavy (non-hydrogen) atoms. The monoisotopic (exact) mass is 272 g/mol. The average Bonchev–Trinajstić information content (AvgIpc) is 2.14. The highest BCUT2D eigenvalue weighted by molar-refractivity contribution is 7.91. The normalized spacial score (nSPS) is 10.6. The quantitative estimate of drug-likeness (QED) is 0.895. The number of nitriles is 1. The Hall–Kier alpha value is -1.58. The topological polar surface area (TPSA) is 87.0 Å². The Kier molecular flexibility index (Phi) is 4.10. The van der Waals surface area contributed by atoms with Gasteiger partial charge in [-0.15, -0.1) is 0 Å². The molecule has 0 unspecified atom stereocenters. The van der Waals surface area contributed by atoms with Gasteiger partial charge in [0.1, 0.15) is 11.8 Å². The lowest BCUT2D eigenvalue weighted by Gasteiger charge is -2.05. The molecular formula is C10H9ClN2O3S. The number of carbonyl (C=O) groups is 1. The van der Waals surface area contributed by atoms with Crippen LogP contribution in [-0.2, 0) is 14.6 Å². The standard InChI is InChI=1S/C10H9ClN2O3S/c1-17(15,16)6-10(14)13-8-3-2-7(5-12)9(11)4-8/h2-4H,6H2,1H3,(H,13,14). The molecule has 0 aromatic heterocycles. The molecule has 1 N–H and O–H groups in total. The second-order valence-electron chi connectivity index (χ2n) is 3.42. The summed E-state index contributed by atoms with van der Waals surface area (Å²) in [5, 5.41) is 11.2. The van der Waals surface area contributed by atoms with E-state index in [1.165, 1.54) is 18.2 Å². The van der Waals surface area contributed by atoms with Crippen molar-refractivity contribution in [3.8, 4) is 6.07 Å². The second-order valence-corrected chi connectivity index (χ2v) is 5.97. The molecule has 0 radical (unpaired) electrons.